The third-order valence-electron chi connectivity index (χ3n) is 4.39. The molecule has 0 saturated heterocycles. The van der Waals surface area contributed by atoms with E-state index in [1.807, 2.05) is 24.3 Å². The van der Waals surface area contributed by atoms with Gasteiger partial charge in [-0.2, -0.15) is 4.31 Å². The lowest BCUT2D eigenvalue weighted by Crippen LogP contribution is -2.30. The number of ether oxygens (including phenoxy) is 2. The first kappa shape index (κ1) is 20.6. The monoisotopic (exact) mass is 414 g/mol. The number of nitrogens with zero attached hydrogens (tertiary/aromatic N) is 2. The van der Waals surface area contributed by atoms with Gasteiger partial charge in [-0.15, -0.1) is 0 Å². The van der Waals surface area contributed by atoms with E-state index in [-0.39, 0.29) is 23.9 Å². The fraction of sp³-hybridized carbons (Fsp3) is 0.190. The zero-order valence-electron chi connectivity index (χ0n) is 16.1. The lowest BCUT2D eigenvalue weighted by atomic mass is 10.2. The molecule has 29 heavy (non-hydrogen) atoms. The predicted octanol–water partition coefficient (Wildman–Crippen LogP) is 3.20. The van der Waals surface area contributed by atoms with Crippen molar-refractivity contribution in [2.75, 3.05) is 14.2 Å². The van der Waals surface area contributed by atoms with Gasteiger partial charge in [0.1, 0.15) is 16.4 Å². The third-order valence-corrected chi connectivity index (χ3v) is 6.17. The number of methoxy groups -OCH3 is 2. The van der Waals surface area contributed by atoms with Crippen molar-refractivity contribution >= 4 is 10.0 Å². The molecule has 8 heteroatoms. The van der Waals surface area contributed by atoms with Gasteiger partial charge < -0.3 is 14.6 Å². The molecule has 3 rings (SSSR count). The molecular formula is C21H22N2O5S. The van der Waals surface area contributed by atoms with Crippen molar-refractivity contribution in [1.82, 2.24) is 9.29 Å². The van der Waals surface area contributed by atoms with Crippen molar-refractivity contribution in [3.05, 3.63) is 78.0 Å². The minimum absolute atomic E-state index is 0.0114. The van der Waals surface area contributed by atoms with Crippen molar-refractivity contribution < 1.29 is 23.0 Å². The van der Waals surface area contributed by atoms with Crippen molar-refractivity contribution in [3.8, 4) is 17.4 Å². The van der Waals surface area contributed by atoms with Crippen LogP contribution in [0.25, 0.3) is 0 Å². The summed E-state index contributed by atoms with van der Waals surface area (Å²) in [4.78, 5) is 3.72. The van der Waals surface area contributed by atoms with E-state index in [1.54, 1.807) is 38.5 Å². The van der Waals surface area contributed by atoms with E-state index >= 15 is 0 Å². The van der Waals surface area contributed by atoms with E-state index in [0.29, 0.717) is 11.5 Å². The van der Waals surface area contributed by atoms with Gasteiger partial charge in [-0.25, -0.2) is 13.4 Å². The molecule has 0 radical (unpaired) electrons. The third kappa shape index (κ3) is 5.04. The SMILES string of the molecule is COc1ccc(CN(Cc2ccc(OC)cc2)S(=O)(=O)c2ccc(O)nc2)cc1. The lowest BCUT2D eigenvalue weighted by molar-refractivity contribution is 0.397. The average molecular weight is 414 g/mol. The Bertz CT molecular complexity index is 984. The Labute approximate surface area is 170 Å². The number of rotatable bonds is 8. The van der Waals surface area contributed by atoms with Crippen LogP contribution in [0.1, 0.15) is 11.1 Å². The van der Waals surface area contributed by atoms with Gasteiger partial charge in [0.25, 0.3) is 0 Å². The molecule has 0 aliphatic rings. The fourth-order valence-corrected chi connectivity index (χ4v) is 4.13. The molecule has 0 bridgehead atoms. The summed E-state index contributed by atoms with van der Waals surface area (Å²) in [6.07, 6.45) is 1.15. The van der Waals surface area contributed by atoms with Gasteiger partial charge in [-0.05, 0) is 41.5 Å². The number of aromatic hydroxyl groups is 1. The van der Waals surface area contributed by atoms with Crippen LogP contribution in [-0.2, 0) is 23.1 Å². The summed E-state index contributed by atoms with van der Waals surface area (Å²) >= 11 is 0. The van der Waals surface area contributed by atoms with Gasteiger partial charge in [-0.1, -0.05) is 24.3 Å². The summed E-state index contributed by atoms with van der Waals surface area (Å²) in [5.41, 5.74) is 1.63. The van der Waals surface area contributed by atoms with Gasteiger partial charge >= 0.3 is 0 Å². The maximum absolute atomic E-state index is 13.3. The van der Waals surface area contributed by atoms with Crippen LogP contribution in [-0.4, -0.2) is 37.0 Å². The van der Waals surface area contributed by atoms with E-state index in [1.165, 1.54) is 16.4 Å². The summed E-state index contributed by atoms with van der Waals surface area (Å²) < 4.78 is 38.2. The van der Waals surface area contributed by atoms with Crippen molar-refractivity contribution in [1.29, 1.82) is 0 Å². The normalized spacial score (nSPS) is 11.4. The van der Waals surface area contributed by atoms with Crippen LogP contribution < -0.4 is 9.47 Å². The molecule has 0 aliphatic heterocycles. The van der Waals surface area contributed by atoms with Crippen LogP contribution in [0, 0.1) is 0 Å². The smallest absolute Gasteiger partial charge is 0.245 e. The molecule has 0 atom stereocenters. The molecule has 0 fully saturated rings. The van der Waals surface area contributed by atoms with E-state index in [2.05, 4.69) is 4.98 Å². The Hall–Kier alpha value is -3.10. The van der Waals surface area contributed by atoms with Crippen LogP contribution in [0.3, 0.4) is 0 Å². The summed E-state index contributed by atoms with van der Waals surface area (Å²) in [5.74, 6) is 1.16. The van der Waals surface area contributed by atoms with Crippen LogP contribution in [0.15, 0.2) is 71.8 Å². The summed E-state index contributed by atoms with van der Waals surface area (Å²) in [7, 11) is -0.695. The number of pyridine rings is 1. The minimum atomic E-state index is -3.85. The molecule has 2 aromatic carbocycles. The van der Waals surface area contributed by atoms with E-state index in [4.69, 9.17) is 9.47 Å². The number of aromatic nitrogens is 1. The van der Waals surface area contributed by atoms with Gasteiger partial charge in [0.05, 0.1) is 20.4 Å². The molecule has 0 saturated carbocycles. The maximum atomic E-state index is 13.3. The summed E-state index contributed by atoms with van der Waals surface area (Å²) in [5, 5.41) is 9.39. The number of hydrogen-bond donors (Lipinski definition) is 1. The second-order valence-corrected chi connectivity index (χ2v) is 8.26. The fourth-order valence-electron chi connectivity index (χ4n) is 2.77. The first-order valence-corrected chi connectivity index (χ1v) is 10.3. The molecule has 0 spiro atoms. The topological polar surface area (TPSA) is 89.0 Å². The Morgan fingerprint density at radius 1 is 0.828 bits per heavy atom. The Morgan fingerprint density at radius 2 is 1.31 bits per heavy atom. The van der Waals surface area contributed by atoms with Gasteiger partial charge in [0, 0.05) is 19.2 Å². The highest BCUT2D eigenvalue weighted by atomic mass is 32.2. The standard InChI is InChI=1S/C21H22N2O5S/c1-27-18-7-3-16(4-8-18)14-23(15-17-5-9-19(28-2)10-6-17)29(25,26)20-11-12-21(24)22-13-20/h3-13H,14-15H2,1-2H3,(H,22,24). The van der Waals surface area contributed by atoms with Crippen LogP contribution >= 0.6 is 0 Å². The predicted molar refractivity (Wildman–Crippen MR) is 108 cm³/mol. The van der Waals surface area contributed by atoms with E-state index in [9.17, 15) is 13.5 Å². The molecule has 152 valence electrons. The maximum Gasteiger partial charge on any atom is 0.245 e. The molecule has 1 N–H and O–H groups in total. The quantitative estimate of drug-likeness (QED) is 0.609. The lowest BCUT2D eigenvalue weighted by Gasteiger charge is -2.22. The van der Waals surface area contributed by atoms with E-state index in [0.717, 1.165) is 17.3 Å². The number of hydrogen-bond acceptors (Lipinski definition) is 6. The van der Waals surface area contributed by atoms with Crippen molar-refractivity contribution in [2.24, 2.45) is 0 Å². The minimum Gasteiger partial charge on any atom is -0.497 e. The molecule has 0 aliphatic carbocycles. The van der Waals surface area contributed by atoms with E-state index < -0.39 is 10.0 Å². The summed E-state index contributed by atoms with van der Waals surface area (Å²) in [6.45, 7) is 0.332. The first-order chi connectivity index (χ1) is 13.9. The van der Waals surface area contributed by atoms with Crippen LogP contribution in [0.2, 0.25) is 0 Å². The molecule has 3 aromatic rings. The zero-order valence-corrected chi connectivity index (χ0v) is 17.0. The summed E-state index contributed by atoms with van der Waals surface area (Å²) in [6, 6.07) is 17.0. The Morgan fingerprint density at radius 3 is 1.69 bits per heavy atom. The molecule has 7 nitrogen and oxygen atoms in total. The Balaban J connectivity index is 1.93. The average Bonchev–Trinajstić information content (AvgIpc) is 2.74. The van der Waals surface area contributed by atoms with Crippen LogP contribution in [0.5, 0.6) is 17.4 Å². The molecule has 1 aromatic heterocycles. The second-order valence-electron chi connectivity index (χ2n) is 6.32. The van der Waals surface area contributed by atoms with Gasteiger partial charge in [0.15, 0.2) is 0 Å². The highest BCUT2D eigenvalue weighted by Crippen LogP contribution is 2.23. The molecule has 0 unspecified atom stereocenters. The van der Waals surface area contributed by atoms with Crippen molar-refractivity contribution in [3.63, 3.8) is 0 Å². The second kappa shape index (κ2) is 8.93. The number of benzene rings is 2. The molecule has 1 heterocycles. The number of sulfonamides is 1. The zero-order chi connectivity index (χ0) is 20.9. The van der Waals surface area contributed by atoms with Crippen LogP contribution in [0.4, 0.5) is 0 Å². The first-order valence-electron chi connectivity index (χ1n) is 8.83. The molecule has 0 amide bonds. The largest absolute Gasteiger partial charge is 0.497 e. The van der Waals surface area contributed by atoms with Crippen molar-refractivity contribution in [2.45, 2.75) is 18.0 Å². The highest BCUT2D eigenvalue weighted by Gasteiger charge is 2.25. The molecular weight excluding hydrogens is 392 g/mol. The van der Waals surface area contributed by atoms with Gasteiger partial charge in [-0.3, -0.25) is 0 Å². The Kier molecular flexibility index (Phi) is 6.36. The van der Waals surface area contributed by atoms with Gasteiger partial charge in [0.2, 0.25) is 15.9 Å². The highest BCUT2D eigenvalue weighted by molar-refractivity contribution is 7.89.